The maximum absolute atomic E-state index is 13.8. The van der Waals surface area contributed by atoms with Crippen molar-refractivity contribution in [2.75, 3.05) is 0 Å². The zero-order chi connectivity index (χ0) is 16.7. The van der Waals surface area contributed by atoms with Crippen LogP contribution >= 0.6 is 0 Å². The van der Waals surface area contributed by atoms with E-state index in [0.29, 0.717) is 5.56 Å². The number of Topliss-reactive ketones (excluding diaryl/α,β-unsaturated/α-hetero) is 1. The summed E-state index contributed by atoms with van der Waals surface area (Å²) in [4.78, 5) is 13.2. The van der Waals surface area contributed by atoms with Gasteiger partial charge in [-0.25, -0.2) is 4.39 Å². The second-order valence-electron chi connectivity index (χ2n) is 6.54. The van der Waals surface area contributed by atoms with Crippen LogP contribution in [0.1, 0.15) is 35.2 Å². The first kappa shape index (κ1) is 15.3. The molecule has 2 heterocycles. The Balaban J connectivity index is 1.80. The molecule has 122 valence electrons. The van der Waals surface area contributed by atoms with E-state index in [9.17, 15) is 9.18 Å². The molecule has 1 fully saturated rings. The molecule has 0 N–H and O–H groups in total. The molecule has 0 radical (unpaired) electrons. The molecule has 2 nitrogen and oxygen atoms in total. The Morgan fingerprint density at radius 3 is 2.67 bits per heavy atom. The summed E-state index contributed by atoms with van der Waals surface area (Å²) in [5.41, 5.74) is 0.991. The minimum absolute atomic E-state index is 0.0644. The number of carbonyl (C=O) groups excluding carboxylic acids is 1. The first-order chi connectivity index (χ1) is 11.6. The minimum Gasteiger partial charge on any atom is -0.362 e. The highest BCUT2D eigenvalue weighted by molar-refractivity contribution is 5.99. The monoisotopic (exact) mass is 322 g/mol. The Morgan fingerprint density at radius 2 is 1.96 bits per heavy atom. The Bertz CT molecular complexity index is 798. The van der Waals surface area contributed by atoms with Crippen LogP contribution < -0.4 is 0 Å². The summed E-state index contributed by atoms with van der Waals surface area (Å²) in [5.74, 6) is -0.703. The molecule has 4 rings (SSSR count). The number of hydrogen-bond acceptors (Lipinski definition) is 2. The molecule has 4 unspecified atom stereocenters. The van der Waals surface area contributed by atoms with Gasteiger partial charge in [0.2, 0.25) is 0 Å². The third-order valence-corrected chi connectivity index (χ3v) is 5.28. The molecule has 2 bridgehead atoms. The molecule has 2 aromatic carbocycles. The van der Waals surface area contributed by atoms with Gasteiger partial charge >= 0.3 is 0 Å². The number of halogens is 1. The number of carbonyl (C=O) groups is 1. The maximum Gasteiger partial charge on any atom is 0.169 e. The lowest BCUT2D eigenvalue weighted by atomic mass is 9.68. The van der Waals surface area contributed by atoms with Crippen LogP contribution in [0.5, 0.6) is 0 Å². The number of hydrogen-bond donors (Lipinski definition) is 0. The Hall–Kier alpha value is -2.26. The standard InChI is InChI=1S/C21H19FO2/c1-2-21-12-11-17(24-21)18(20(23)14-7-4-3-5-8-14)19(21)15-9-6-10-16(22)13-15/h3-13,17-19H,2H2,1H3. The zero-order valence-corrected chi connectivity index (χ0v) is 13.5. The highest BCUT2D eigenvalue weighted by Crippen LogP contribution is 2.54. The predicted octanol–water partition coefficient (Wildman–Crippen LogP) is 4.53. The van der Waals surface area contributed by atoms with Crippen LogP contribution in [0.25, 0.3) is 0 Å². The number of ether oxygens (including phenoxy) is 1. The highest BCUT2D eigenvalue weighted by atomic mass is 19.1. The normalized spacial score (nSPS) is 30.7. The molecule has 2 aromatic rings. The maximum atomic E-state index is 13.8. The van der Waals surface area contributed by atoms with Gasteiger partial charge in [-0.15, -0.1) is 0 Å². The molecule has 1 saturated heterocycles. The molecule has 2 aliphatic heterocycles. The van der Waals surface area contributed by atoms with Crippen molar-refractivity contribution in [1.82, 2.24) is 0 Å². The van der Waals surface area contributed by atoms with Gasteiger partial charge in [0, 0.05) is 11.5 Å². The van der Waals surface area contributed by atoms with Crippen LogP contribution in [0, 0.1) is 11.7 Å². The molecule has 24 heavy (non-hydrogen) atoms. The van der Waals surface area contributed by atoms with Crippen LogP contribution in [0.2, 0.25) is 0 Å². The van der Waals surface area contributed by atoms with Crippen molar-refractivity contribution < 1.29 is 13.9 Å². The quantitative estimate of drug-likeness (QED) is 0.611. The third kappa shape index (κ3) is 2.23. The lowest BCUT2D eigenvalue weighted by Gasteiger charge is -2.33. The zero-order valence-electron chi connectivity index (χ0n) is 13.5. The minimum atomic E-state index is -0.520. The van der Waals surface area contributed by atoms with E-state index < -0.39 is 5.60 Å². The fourth-order valence-electron chi connectivity index (χ4n) is 4.16. The third-order valence-electron chi connectivity index (χ3n) is 5.28. The molecule has 0 saturated carbocycles. The van der Waals surface area contributed by atoms with Crippen LogP contribution in [0.3, 0.4) is 0 Å². The van der Waals surface area contributed by atoms with Crippen molar-refractivity contribution in [2.45, 2.75) is 31.0 Å². The summed E-state index contributed by atoms with van der Waals surface area (Å²) in [5, 5.41) is 0. The number of rotatable bonds is 4. The smallest absolute Gasteiger partial charge is 0.169 e. The van der Waals surface area contributed by atoms with Crippen LogP contribution in [0.4, 0.5) is 4.39 Å². The molecule has 3 heteroatoms. The average molecular weight is 322 g/mol. The molecular weight excluding hydrogens is 303 g/mol. The van der Waals surface area contributed by atoms with Gasteiger partial charge in [-0.1, -0.05) is 61.5 Å². The lowest BCUT2D eigenvalue weighted by molar-refractivity contribution is 0.0200. The average Bonchev–Trinajstić information content (AvgIpc) is 3.19. The molecule has 0 aromatic heterocycles. The number of benzene rings is 2. The topological polar surface area (TPSA) is 26.3 Å². The summed E-state index contributed by atoms with van der Waals surface area (Å²) in [6.07, 6.45) is 4.55. The molecule has 0 amide bonds. The highest BCUT2D eigenvalue weighted by Gasteiger charge is 2.58. The van der Waals surface area contributed by atoms with E-state index in [1.807, 2.05) is 49.4 Å². The summed E-state index contributed by atoms with van der Waals surface area (Å²) >= 11 is 0. The van der Waals surface area contributed by atoms with E-state index in [4.69, 9.17) is 4.74 Å². The Labute approximate surface area is 141 Å². The van der Waals surface area contributed by atoms with E-state index in [1.165, 1.54) is 12.1 Å². The van der Waals surface area contributed by atoms with Gasteiger partial charge in [0.25, 0.3) is 0 Å². The molecule has 2 aliphatic rings. The van der Waals surface area contributed by atoms with Crippen molar-refractivity contribution in [1.29, 1.82) is 0 Å². The first-order valence-corrected chi connectivity index (χ1v) is 8.36. The van der Waals surface area contributed by atoms with E-state index in [2.05, 4.69) is 6.08 Å². The SMILES string of the molecule is CCC12C=CC(O1)C(C(=O)c1ccccc1)C2c1cccc(F)c1. The van der Waals surface area contributed by atoms with Crippen LogP contribution in [-0.2, 0) is 4.74 Å². The second kappa shape index (κ2) is 5.67. The predicted molar refractivity (Wildman–Crippen MR) is 90.4 cm³/mol. The van der Waals surface area contributed by atoms with E-state index in [0.717, 1.165) is 12.0 Å². The fraction of sp³-hybridized carbons (Fsp3) is 0.286. The van der Waals surface area contributed by atoms with Gasteiger partial charge < -0.3 is 4.74 Å². The van der Waals surface area contributed by atoms with E-state index in [-0.39, 0.29) is 29.5 Å². The molecule has 4 atom stereocenters. The summed E-state index contributed by atoms with van der Waals surface area (Å²) in [6.45, 7) is 2.05. The van der Waals surface area contributed by atoms with Crippen molar-refractivity contribution in [3.63, 3.8) is 0 Å². The number of fused-ring (bicyclic) bond motifs is 2. The molecule has 0 aliphatic carbocycles. The largest absolute Gasteiger partial charge is 0.362 e. The summed E-state index contributed by atoms with van der Waals surface area (Å²) < 4.78 is 20.0. The summed E-state index contributed by atoms with van der Waals surface area (Å²) in [7, 11) is 0. The Morgan fingerprint density at radius 1 is 1.17 bits per heavy atom. The van der Waals surface area contributed by atoms with Gasteiger partial charge in [-0.05, 0) is 24.1 Å². The van der Waals surface area contributed by atoms with Gasteiger partial charge in [0.15, 0.2) is 5.78 Å². The summed E-state index contributed by atoms with van der Waals surface area (Å²) in [6, 6.07) is 15.9. The van der Waals surface area contributed by atoms with Crippen LogP contribution in [0.15, 0.2) is 66.7 Å². The van der Waals surface area contributed by atoms with E-state index >= 15 is 0 Å². The second-order valence-corrected chi connectivity index (χ2v) is 6.54. The van der Waals surface area contributed by atoms with Gasteiger partial charge in [-0.3, -0.25) is 4.79 Å². The van der Waals surface area contributed by atoms with Gasteiger partial charge in [0.05, 0.1) is 17.6 Å². The fourth-order valence-corrected chi connectivity index (χ4v) is 4.16. The van der Waals surface area contributed by atoms with Crippen molar-refractivity contribution in [3.8, 4) is 0 Å². The van der Waals surface area contributed by atoms with Gasteiger partial charge in [-0.2, -0.15) is 0 Å². The number of ketones is 1. The van der Waals surface area contributed by atoms with Crippen molar-refractivity contribution in [3.05, 3.63) is 83.7 Å². The van der Waals surface area contributed by atoms with Gasteiger partial charge in [0.1, 0.15) is 5.82 Å². The lowest BCUT2D eigenvalue weighted by Crippen LogP contribution is -2.36. The van der Waals surface area contributed by atoms with E-state index in [1.54, 1.807) is 6.07 Å². The van der Waals surface area contributed by atoms with Crippen molar-refractivity contribution in [2.24, 2.45) is 5.92 Å². The molecule has 0 spiro atoms. The van der Waals surface area contributed by atoms with Crippen molar-refractivity contribution >= 4 is 5.78 Å². The van der Waals surface area contributed by atoms with Crippen LogP contribution in [-0.4, -0.2) is 17.5 Å². The molecular formula is C21H19FO2. The Kier molecular flexibility index (Phi) is 3.61. The first-order valence-electron chi connectivity index (χ1n) is 8.36.